The topological polar surface area (TPSA) is 83.6 Å². The van der Waals surface area contributed by atoms with Crippen molar-refractivity contribution in [2.75, 3.05) is 18.1 Å². The van der Waals surface area contributed by atoms with E-state index in [-0.39, 0.29) is 40.7 Å². The van der Waals surface area contributed by atoms with E-state index in [4.69, 9.17) is 0 Å². The van der Waals surface area contributed by atoms with Gasteiger partial charge in [-0.2, -0.15) is 0 Å². The minimum atomic E-state index is -3.28. The van der Waals surface area contributed by atoms with Crippen LogP contribution in [-0.2, 0) is 21.1 Å². The minimum absolute atomic E-state index is 0.0203. The number of anilines is 1. The highest BCUT2D eigenvalue weighted by Crippen LogP contribution is 2.25. The molecule has 0 heterocycles. The van der Waals surface area contributed by atoms with Crippen molar-refractivity contribution in [2.45, 2.75) is 37.6 Å². The Balaban J connectivity index is 1.62. The fraction of sp³-hybridized carbons (Fsp3) is 0.259. The van der Waals surface area contributed by atoms with E-state index in [1.807, 2.05) is 6.92 Å². The summed E-state index contributed by atoms with van der Waals surface area (Å²) < 4.78 is 37.1. The van der Waals surface area contributed by atoms with Crippen LogP contribution >= 0.6 is 0 Å². The predicted molar refractivity (Wildman–Crippen MR) is 134 cm³/mol. The molecule has 6 nitrogen and oxygen atoms in total. The van der Waals surface area contributed by atoms with Crippen molar-refractivity contribution < 1.29 is 22.4 Å². The van der Waals surface area contributed by atoms with Gasteiger partial charge in [-0.05, 0) is 66.1 Å². The summed E-state index contributed by atoms with van der Waals surface area (Å²) >= 11 is 0. The van der Waals surface area contributed by atoms with Crippen molar-refractivity contribution >= 4 is 27.3 Å². The van der Waals surface area contributed by atoms with Crippen molar-refractivity contribution in [3.8, 4) is 0 Å². The molecule has 0 fully saturated rings. The zero-order valence-electron chi connectivity index (χ0n) is 20.0. The molecule has 0 bridgehead atoms. The summed E-state index contributed by atoms with van der Waals surface area (Å²) in [5, 5.41) is 2.79. The van der Waals surface area contributed by atoms with E-state index in [1.165, 1.54) is 24.3 Å². The second kappa shape index (κ2) is 11.3. The summed E-state index contributed by atoms with van der Waals surface area (Å²) in [5.74, 6) is -0.737. The second-order valence-electron chi connectivity index (χ2n) is 8.24. The van der Waals surface area contributed by atoms with Gasteiger partial charge in [-0.25, -0.2) is 12.8 Å². The standard InChI is InChI=1S/C27H29FN2O4S/c1-4-25(20-8-12-22(28)13-9-20)30(3)27(32)21-10-14-23(15-11-21)29-26(31)18-19-6-16-24(17-7-19)35(33,34)5-2/h6-17,25H,4-5,18H2,1-3H3,(H,29,31). The minimum Gasteiger partial charge on any atom is -0.335 e. The van der Waals surface area contributed by atoms with Gasteiger partial charge in [-0.1, -0.05) is 38.1 Å². The van der Waals surface area contributed by atoms with Crippen LogP contribution in [0, 0.1) is 5.82 Å². The second-order valence-corrected chi connectivity index (χ2v) is 10.5. The molecule has 1 atom stereocenters. The Bertz CT molecular complexity index is 1270. The number of nitrogens with one attached hydrogen (secondary N) is 1. The first-order chi connectivity index (χ1) is 16.6. The summed E-state index contributed by atoms with van der Waals surface area (Å²) in [6.45, 7) is 3.55. The summed E-state index contributed by atoms with van der Waals surface area (Å²) in [7, 11) is -1.57. The van der Waals surface area contributed by atoms with Crippen LogP contribution in [0.25, 0.3) is 0 Å². The SMILES string of the molecule is CCC(c1ccc(F)cc1)N(C)C(=O)c1ccc(NC(=O)Cc2ccc(S(=O)(=O)CC)cc2)cc1. The number of amides is 2. The zero-order chi connectivity index (χ0) is 25.6. The third kappa shape index (κ3) is 6.54. The average Bonchev–Trinajstić information content (AvgIpc) is 2.86. The smallest absolute Gasteiger partial charge is 0.254 e. The summed E-state index contributed by atoms with van der Waals surface area (Å²) in [4.78, 5) is 27.3. The first-order valence-corrected chi connectivity index (χ1v) is 13.0. The Morgan fingerprint density at radius 2 is 1.51 bits per heavy atom. The molecule has 0 saturated heterocycles. The normalized spacial score (nSPS) is 12.1. The molecule has 0 aliphatic rings. The molecule has 1 N–H and O–H groups in total. The van der Waals surface area contributed by atoms with E-state index in [1.54, 1.807) is 67.4 Å². The number of carbonyl (C=O) groups is 2. The molecule has 3 rings (SSSR count). The number of sulfone groups is 1. The monoisotopic (exact) mass is 496 g/mol. The third-order valence-electron chi connectivity index (χ3n) is 5.87. The Hall–Kier alpha value is -3.52. The van der Waals surface area contributed by atoms with Crippen molar-refractivity contribution in [1.29, 1.82) is 0 Å². The van der Waals surface area contributed by atoms with Crippen molar-refractivity contribution in [3.05, 3.63) is 95.3 Å². The van der Waals surface area contributed by atoms with Crippen molar-refractivity contribution in [2.24, 2.45) is 0 Å². The van der Waals surface area contributed by atoms with Gasteiger partial charge < -0.3 is 10.2 Å². The summed E-state index contributed by atoms with van der Waals surface area (Å²) in [6.07, 6.45) is 0.763. The molecular weight excluding hydrogens is 467 g/mol. The molecule has 0 radical (unpaired) electrons. The van der Waals surface area contributed by atoms with Crippen LogP contribution in [0.2, 0.25) is 0 Å². The van der Waals surface area contributed by atoms with Crippen LogP contribution in [0.15, 0.2) is 77.7 Å². The van der Waals surface area contributed by atoms with Crippen LogP contribution in [0.5, 0.6) is 0 Å². The van der Waals surface area contributed by atoms with Crippen LogP contribution in [0.1, 0.15) is 47.8 Å². The fourth-order valence-electron chi connectivity index (χ4n) is 3.83. The maximum atomic E-state index is 13.3. The Morgan fingerprint density at radius 3 is 2.06 bits per heavy atom. The van der Waals surface area contributed by atoms with Crippen LogP contribution in [0.4, 0.5) is 10.1 Å². The number of benzene rings is 3. The van der Waals surface area contributed by atoms with E-state index in [0.717, 1.165) is 5.56 Å². The molecular formula is C27H29FN2O4S. The quantitative estimate of drug-likeness (QED) is 0.451. The van der Waals surface area contributed by atoms with Gasteiger partial charge in [-0.15, -0.1) is 0 Å². The van der Waals surface area contributed by atoms with Gasteiger partial charge in [0.1, 0.15) is 5.82 Å². The lowest BCUT2D eigenvalue weighted by atomic mass is 10.0. The molecule has 184 valence electrons. The van der Waals surface area contributed by atoms with E-state index >= 15 is 0 Å². The first-order valence-electron chi connectivity index (χ1n) is 11.4. The highest BCUT2D eigenvalue weighted by Gasteiger charge is 2.21. The van der Waals surface area contributed by atoms with Gasteiger partial charge >= 0.3 is 0 Å². The molecule has 8 heteroatoms. The number of carbonyl (C=O) groups excluding carboxylic acids is 2. The van der Waals surface area contributed by atoms with E-state index in [0.29, 0.717) is 23.2 Å². The van der Waals surface area contributed by atoms with Crippen molar-refractivity contribution in [3.63, 3.8) is 0 Å². The lowest BCUT2D eigenvalue weighted by Crippen LogP contribution is -2.31. The molecule has 2 amide bonds. The summed E-state index contributed by atoms with van der Waals surface area (Å²) in [5.41, 5.74) is 2.56. The molecule has 3 aromatic rings. The largest absolute Gasteiger partial charge is 0.335 e. The van der Waals surface area contributed by atoms with Gasteiger partial charge in [0, 0.05) is 18.3 Å². The first kappa shape index (κ1) is 26.1. The predicted octanol–water partition coefficient (Wildman–Crippen LogP) is 5.02. The highest BCUT2D eigenvalue weighted by molar-refractivity contribution is 7.91. The van der Waals surface area contributed by atoms with Gasteiger partial charge in [-0.3, -0.25) is 9.59 Å². The molecule has 3 aromatic carbocycles. The van der Waals surface area contributed by atoms with Crippen LogP contribution < -0.4 is 5.32 Å². The number of hydrogen-bond donors (Lipinski definition) is 1. The van der Waals surface area contributed by atoms with Gasteiger partial charge in [0.15, 0.2) is 9.84 Å². The summed E-state index contributed by atoms with van der Waals surface area (Å²) in [6, 6.07) is 18.8. The van der Waals surface area contributed by atoms with E-state index in [2.05, 4.69) is 5.32 Å². The highest BCUT2D eigenvalue weighted by atomic mass is 32.2. The molecule has 1 unspecified atom stereocenters. The van der Waals surface area contributed by atoms with Gasteiger partial charge in [0.05, 0.1) is 23.1 Å². The number of halogens is 1. The van der Waals surface area contributed by atoms with Gasteiger partial charge in [0.2, 0.25) is 5.91 Å². The Kier molecular flexibility index (Phi) is 8.40. The van der Waals surface area contributed by atoms with Crippen molar-refractivity contribution in [1.82, 2.24) is 4.90 Å². The Morgan fingerprint density at radius 1 is 0.914 bits per heavy atom. The molecule has 0 saturated carbocycles. The average molecular weight is 497 g/mol. The number of hydrogen-bond acceptors (Lipinski definition) is 4. The van der Waals surface area contributed by atoms with E-state index in [9.17, 15) is 22.4 Å². The molecule has 0 spiro atoms. The Labute approximate surface area is 205 Å². The maximum Gasteiger partial charge on any atom is 0.254 e. The fourth-order valence-corrected chi connectivity index (χ4v) is 4.72. The maximum absolute atomic E-state index is 13.3. The van der Waals surface area contributed by atoms with Crippen LogP contribution in [-0.4, -0.2) is 37.9 Å². The van der Waals surface area contributed by atoms with Crippen LogP contribution in [0.3, 0.4) is 0 Å². The molecule has 0 aliphatic heterocycles. The van der Waals surface area contributed by atoms with E-state index < -0.39 is 9.84 Å². The zero-order valence-corrected chi connectivity index (χ0v) is 20.8. The lowest BCUT2D eigenvalue weighted by molar-refractivity contribution is -0.115. The van der Waals surface area contributed by atoms with Gasteiger partial charge in [0.25, 0.3) is 5.91 Å². The molecule has 35 heavy (non-hydrogen) atoms. The molecule has 0 aliphatic carbocycles. The number of nitrogens with zero attached hydrogens (tertiary/aromatic N) is 1. The number of rotatable bonds is 9. The lowest BCUT2D eigenvalue weighted by Gasteiger charge is -2.28. The third-order valence-corrected chi connectivity index (χ3v) is 7.62. The molecule has 0 aromatic heterocycles.